The molecule has 13 nitrogen and oxygen atoms in total. The topological polar surface area (TPSA) is 151 Å². The zero-order valence-corrected chi connectivity index (χ0v) is 22.7. The summed E-state index contributed by atoms with van der Waals surface area (Å²) in [4.78, 5) is 45.1. The van der Waals surface area contributed by atoms with Crippen LogP contribution in [0.1, 0.15) is 36.3 Å². The second-order valence-electron chi connectivity index (χ2n) is 9.85. The number of amides is 3. The van der Waals surface area contributed by atoms with Gasteiger partial charge in [0.05, 0.1) is 30.2 Å². The number of urea groups is 1. The molecule has 4 N–H and O–H groups in total. The predicted molar refractivity (Wildman–Crippen MR) is 150 cm³/mol. The number of nitrogens with one attached hydrogen (secondary N) is 3. The third-order valence-corrected chi connectivity index (χ3v) is 6.79. The van der Waals surface area contributed by atoms with Gasteiger partial charge in [-0.05, 0) is 51.5 Å². The first-order chi connectivity index (χ1) is 19.2. The lowest BCUT2D eigenvalue weighted by molar-refractivity contribution is 0.0938. The number of fused-ring (bicyclic) bond motifs is 1. The molecule has 1 aliphatic heterocycles. The van der Waals surface area contributed by atoms with Crippen LogP contribution < -0.4 is 26.4 Å². The summed E-state index contributed by atoms with van der Waals surface area (Å²) in [5, 5.41) is 23.0. The van der Waals surface area contributed by atoms with Gasteiger partial charge in [0, 0.05) is 25.7 Å². The number of rotatable bonds is 8. The van der Waals surface area contributed by atoms with E-state index in [1.54, 1.807) is 41.4 Å². The number of aliphatic hydroxyl groups is 1. The third-order valence-electron chi connectivity index (χ3n) is 6.79. The molecule has 1 aliphatic rings. The van der Waals surface area contributed by atoms with Crippen molar-refractivity contribution < 1.29 is 14.7 Å². The maximum absolute atomic E-state index is 13.5. The molecule has 0 bridgehead atoms. The number of imidazole rings is 1. The molecular weight excluding hydrogens is 514 g/mol. The van der Waals surface area contributed by atoms with Crippen molar-refractivity contribution >= 4 is 29.2 Å². The molecule has 3 amide bonds. The summed E-state index contributed by atoms with van der Waals surface area (Å²) in [5.74, 6) is 0.653. The summed E-state index contributed by atoms with van der Waals surface area (Å²) in [6.45, 7) is 7.05. The summed E-state index contributed by atoms with van der Waals surface area (Å²) in [5.41, 5.74) is 1.33. The molecule has 13 heteroatoms. The van der Waals surface area contributed by atoms with E-state index in [4.69, 9.17) is 0 Å². The van der Waals surface area contributed by atoms with Gasteiger partial charge in [-0.3, -0.25) is 19.6 Å². The molecule has 1 saturated heterocycles. The Morgan fingerprint density at radius 1 is 1.18 bits per heavy atom. The minimum atomic E-state index is -0.708. The van der Waals surface area contributed by atoms with Gasteiger partial charge in [-0.15, -0.1) is 5.10 Å². The van der Waals surface area contributed by atoms with Crippen LogP contribution in [0.5, 0.6) is 0 Å². The second kappa shape index (κ2) is 11.2. The van der Waals surface area contributed by atoms with Gasteiger partial charge >= 0.3 is 6.03 Å². The number of aromatic nitrogens is 5. The van der Waals surface area contributed by atoms with Crippen molar-refractivity contribution in [3.8, 4) is 5.69 Å². The molecule has 0 spiro atoms. The van der Waals surface area contributed by atoms with Crippen LogP contribution in [-0.4, -0.2) is 72.8 Å². The molecule has 0 saturated carbocycles. The van der Waals surface area contributed by atoms with Crippen molar-refractivity contribution in [3.05, 3.63) is 70.3 Å². The second-order valence-corrected chi connectivity index (χ2v) is 9.85. The van der Waals surface area contributed by atoms with Gasteiger partial charge in [0.25, 0.3) is 11.5 Å². The van der Waals surface area contributed by atoms with Crippen molar-refractivity contribution in [1.82, 2.24) is 34.6 Å². The van der Waals surface area contributed by atoms with E-state index < -0.39 is 17.6 Å². The normalized spacial score (nSPS) is 15.8. The molecule has 1 aromatic carbocycles. The van der Waals surface area contributed by atoms with Gasteiger partial charge in [-0.1, -0.05) is 18.2 Å². The van der Waals surface area contributed by atoms with Gasteiger partial charge in [0.1, 0.15) is 11.4 Å². The highest BCUT2D eigenvalue weighted by Gasteiger charge is 2.29. The Morgan fingerprint density at radius 3 is 2.67 bits per heavy atom. The van der Waals surface area contributed by atoms with Gasteiger partial charge in [-0.2, -0.15) is 0 Å². The molecule has 4 heterocycles. The van der Waals surface area contributed by atoms with E-state index >= 15 is 0 Å². The number of carbonyl (C=O) groups is 2. The molecule has 40 heavy (non-hydrogen) atoms. The fourth-order valence-electron chi connectivity index (χ4n) is 4.97. The van der Waals surface area contributed by atoms with Gasteiger partial charge in [0.2, 0.25) is 0 Å². The number of para-hydroxylation sites is 1. The molecule has 5 rings (SSSR count). The zero-order valence-electron chi connectivity index (χ0n) is 22.7. The van der Waals surface area contributed by atoms with Crippen LogP contribution in [-0.2, 0) is 6.54 Å². The zero-order chi connectivity index (χ0) is 28.4. The third kappa shape index (κ3) is 5.41. The van der Waals surface area contributed by atoms with Gasteiger partial charge in [-0.25, -0.2) is 19.0 Å². The Morgan fingerprint density at radius 2 is 1.95 bits per heavy atom. The highest BCUT2D eigenvalue weighted by molar-refractivity contribution is 5.95. The quantitative estimate of drug-likeness (QED) is 0.261. The maximum atomic E-state index is 13.5. The van der Waals surface area contributed by atoms with E-state index in [9.17, 15) is 19.5 Å². The Balaban J connectivity index is 1.31. The van der Waals surface area contributed by atoms with E-state index in [2.05, 4.69) is 30.9 Å². The van der Waals surface area contributed by atoms with Crippen molar-refractivity contribution in [1.29, 1.82) is 0 Å². The maximum Gasteiger partial charge on any atom is 0.320 e. The van der Waals surface area contributed by atoms with Crippen molar-refractivity contribution in [2.75, 3.05) is 29.9 Å². The number of aliphatic hydroxyl groups excluding tert-OH is 1. The van der Waals surface area contributed by atoms with Crippen molar-refractivity contribution in [2.45, 2.75) is 45.9 Å². The fraction of sp³-hybridized carbons (Fsp3) is 0.370. The summed E-state index contributed by atoms with van der Waals surface area (Å²) in [6.07, 6.45) is 1.61. The molecule has 2 atom stereocenters. The average molecular weight is 548 g/mol. The molecule has 210 valence electrons. The molecule has 0 aliphatic carbocycles. The molecule has 0 unspecified atom stereocenters. The molecule has 1 fully saturated rings. The molecule has 3 aromatic heterocycles. The predicted octanol–water partition coefficient (Wildman–Crippen LogP) is 1.52. The summed E-state index contributed by atoms with van der Waals surface area (Å²) >= 11 is 0. The minimum absolute atomic E-state index is 0.0630. The van der Waals surface area contributed by atoms with E-state index in [1.165, 1.54) is 4.68 Å². The largest absolute Gasteiger partial charge is 0.391 e. The molecule has 0 radical (unpaired) electrons. The lowest BCUT2D eigenvalue weighted by Crippen LogP contribution is -2.39. The average Bonchev–Trinajstić information content (AvgIpc) is 3.60. The van der Waals surface area contributed by atoms with Crippen LogP contribution in [0.4, 0.5) is 16.4 Å². The number of anilines is 2. The first-order valence-electron chi connectivity index (χ1n) is 13.3. The smallest absolute Gasteiger partial charge is 0.320 e. The van der Waals surface area contributed by atoms with Crippen molar-refractivity contribution in [2.24, 2.45) is 0 Å². The highest BCUT2D eigenvalue weighted by Crippen LogP contribution is 2.20. The lowest BCUT2D eigenvalue weighted by Gasteiger charge is -2.18. The Kier molecular flexibility index (Phi) is 7.56. The van der Waals surface area contributed by atoms with Crippen LogP contribution in [0.2, 0.25) is 0 Å². The monoisotopic (exact) mass is 547 g/mol. The van der Waals surface area contributed by atoms with Crippen LogP contribution in [0, 0.1) is 6.92 Å². The number of nitrogens with zero attached hydrogens (tertiary/aromatic N) is 6. The van der Waals surface area contributed by atoms with Crippen molar-refractivity contribution in [3.63, 3.8) is 0 Å². The van der Waals surface area contributed by atoms with Crippen LogP contribution in [0.3, 0.4) is 0 Å². The number of hydrogen-bond acceptors (Lipinski definition) is 7. The fourth-order valence-corrected chi connectivity index (χ4v) is 4.97. The summed E-state index contributed by atoms with van der Waals surface area (Å²) < 4.78 is 4.69. The van der Waals surface area contributed by atoms with Crippen LogP contribution in [0.15, 0.2) is 53.5 Å². The Bertz CT molecular complexity index is 1590. The number of carbonyl (C=O) groups excluding carboxylic acids is 2. The van der Waals surface area contributed by atoms with E-state index in [-0.39, 0.29) is 24.2 Å². The lowest BCUT2D eigenvalue weighted by atomic mass is 10.2. The molecule has 4 aromatic rings. The van der Waals surface area contributed by atoms with Crippen LogP contribution in [0.25, 0.3) is 11.3 Å². The van der Waals surface area contributed by atoms with Crippen LogP contribution >= 0.6 is 0 Å². The number of benzene rings is 1. The first-order valence-corrected chi connectivity index (χ1v) is 13.3. The van der Waals surface area contributed by atoms with Gasteiger partial charge < -0.3 is 20.6 Å². The van der Waals surface area contributed by atoms with Gasteiger partial charge in [0.15, 0.2) is 11.5 Å². The van der Waals surface area contributed by atoms with E-state index in [1.807, 2.05) is 37.3 Å². The number of hydrogen-bond donors (Lipinski definition) is 4. The molecular formula is C27H33N9O4. The SMILES string of the molecule is CCNC(=O)Nc1cn2nc(N3CC[C@H](NC(=O)c4c(C)n(C[C@@H](C)O)n(-c5ccccc5)c4=O)C3)ccc2n1. The summed E-state index contributed by atoms with van der Waals surface area (Å²) in [7, 11) is 0. The highest BCUT2D eigenvalue weighted by atomic mass is 16.3. The Labute approximate surface area is 230 Å². The van der Waals surface area contributed by atoms with E-state index in [0.29, 0.717) is 54.7 Å². The summed E-state index contributed by atoms with van der Waals surface area (Å²) in [6, 6.07) is 12.2. The first kappa shape index (κ1) is 26.9. The Hall–Kier alpha value is -4.65. The van der Waals surface area contributed by atoms with E-state index in [0.717, 1.165) is 0 Å². The minimum Gasteiger partial charge on any atom is -0.391 e. The standard InChI is InChI=1S/C27H33N9O4/c1-4-28-27(40)31-21-16-34-22(30-21)10-11-23(32-34)33-13-12-19(15-33)29-25(38)24-18(3)35(14-17(2)37)36(26(24)39)20-8-6-5-7-9-20/h5-11,16-17,19,37H,4,12-15H2,1-3H3,(H,29,38)(H2,28,31,40)/t17-,19+/m1/s1.